The molecule has 3 heteroatoms. The summed E-state index contributed by atoms with van der Waals surface area (Å²) in [5.74, 6) is 0.980. The van der Waals surface area contributed by atoms with Crippen LogP contribution in [0.3, 0.4) is 0 Å². The van der Waals surface area contributed by atoms with Crippen LogP contribution in [0.2, 0.25) is 0 Å². The van der Waals surface area contributed by atoms with Crippen LogP contribution in [0.15, 0.2) is 304 Å². The minimum atomic E-state index is 0.104. The molecule has 2 heterocycles. The first kappa shape index (κ1) is 77.5. The molecule has 0 spiro atoms. The lowest BCUT2D eigenvalue weighted by Gasteiger charge is -2.35. The Hall–Kier alpha value is -9.70. The maximum absolute atomic E-state index is 5.95. The minimum Gasteiger partial charge on any atom is -0.489 e. The van der Waals surface area contributed by atoms with Crippen LogP contribution < -0.4 is 4.74 Å². The molecule has 3 nitrogen and oxygen atoms in total. The van der Waals surface area contributed by atoms with Gasteiger partial charge in [-0.3, -0.25) is 9.97 Å². The zero-order chi connectivity index (χ0) is 73.7. The molecule has 2 aliphatic carbocycles. The van der Waals surface area contributed by atoms with E-state index in [0.717, 1.165) is 50.7 Å². The second kappa shape index (κ2) is 35.5. The van der Waals surface area contributed by atoms with Gasteiger partial charge in [-0.1, -0.05) is 366 Å². The number of pyridine rings is 2. The Kier molecular flexibility index (Phi) is 26.7. The molecular formula is C100H114N2O. The van der Waals surface area contributed by atoms with Crippen molar-refractivity contribution in [1.82, 2.24) is 9.97 Å². The number of aryl methyl sites for hydroxylation is 6. The lowest BCUT2D eigenvalue weighted by molar-refractivity contribution is 0.297. The molecule has 0 unspecified atom stereocenters. The summed E-state index contributed by atoms with van der Waals surface area (Å²) in [5, 5.41) is 0. The molecule has 103 heavy (non-hydrogen) atoms. The third-order valence-electron chi connectivity index (χ3n) is 20.0. The maximum atomic E-state index is 5.95. The highest BCUT2D eigenvalue weighted by molar-refractivity contribution is 5.80. The van der Waals surface area contributed by atoms with Gasteiger partial charge >= 0.3 is 0 Å². The molecule has 0 amide bonds. The summed E-state index contributed by atoms with van der Waals surface area (Å²) in [5.41, 5.74) is 28.0. The molecule has 0 radical (unpaired) electrons. The van der Waals surface area contributed by atoms with Crippen LogP contribution in [0.1, 0.15) is 205 Å². The summed E-state index contributed by atoms with van der Waals surface area (Å²) >= 11 is 0. The first-order chi connectivity index (χ1) is 49.2. The molecule has 2 aliphatic rings. The Labute approximate surface area is 621 Å². The van der Waals surface area contributed by atoms with E-state index in [1.165, 1.54) is 106 Å². The number of nitrogens with zero attached hydrogens (tertiary/aromatic N) is 2. The smallest absolute Gasteiger partial charge is 0.123 e. The van der Waals surface area contributed by atoms with Crippen LogP contribution in [0.5, 0.6) is 5.75 Å². The number of hydrogen-bond acceptors (Lipinski definition) is 3. The van der Waals surface area contributed by atoms with E-state index < -0.39 is 0 Å². The maximum Gasteiger partial charge on any atom is 0.123 e. The standard InChI is InChI=1S/C18H22.2C17H21N.C17H20O.C16H16.C15H14/c1-18(2,3)17-12-8-7-11-16(17)14-13-15-9-5-4-6-10-15;1-17(2,3)16-9-5-4-8-15(16)11-10-14-7-6-12-18-13-14;1-17(2,3)16-7-5-4-6-15(16)9-8-14-10-12-18-13-11-14;1-17(2,3)15-11-7-8-12-16(15)18-13-14-9-5-4-6-10-14;1-16(2)14-9-5-3-7-12(14)11-13-8-4-6-10-15(13)16;1-15(2)13-9-5-3-7-11(13)12-8-4-6-10-14(12)15/h4-12H,13-14H2,1-3H3;4-9,12-13H,10-11H2,1-3H3;4-7,10-13H,8-9H2,1-3H3;4-12H,13H2,1-3H3;3-10H,11H2,1-2H3;3-10H,1-2H3. The number of fused-ring (bicyclic) bond motifs is 5. The fourth-order valence-corrected chi connectivity index (χ4v) is 14.5. The molecule has 0 saturated carbocycles. The van der Waals surface area contributed by atoms with E-state index >= 15 is 0 Å². The number of para-hydroxylation sites is 1. The fraction of sp³-hybridized carbons (Fsp3) is 0.300. The summed E-state index contributed by atoms with van der Waals surface area (Å²) in [6.07, 6.45) is 15.1. The molecule has 2 aromatic heterocycles. The van der Waals surface area contributed by atoms with Crippen molar-refractivity contribution in [2.45, 2.75) is 195 Å². The summed E-state index contributed by atoms with van der Waals surface area (Å²) in [7, 11) is 0. The van der Waals surface area contributed by atoms with Crippen LogP contribution in [0, 0.1) is 0 Å². The average Bonchev–Trinajstić information content (AvgIpc) is 1.65. The van der Waals surface area contributed by atoms with Gasteiger partial charge in [0, 0.05) is 35.6 Å². The van der Waals surface area contributed by atoms with Crippen molar-refractivity contribution in [1.29, 1.82) is 0 Å². The second-order valence-electron chi connectivity index (χ2n) is 32.8. The van der Waals surface area contributed by atoms with Crippen LogP contribution in [-0.4, -0.2) is 9.97 Å². The van der Waals surface area contributed by atoms with E-state index in [4.69, 9.17) is 4.74 Å². The van der Waals surface area contributed by atoms with Crippen molar-refractivity contribution in [2.75, 3.05) is 0 Å². The monoisotopic (exact) mass is 1360 g/mol. The van der Waals surface area contributed by atoms with Gasteiger partial charge in [0.05, 0.1) is 0 Å². The normalized spacial score (nSPS) is 12.9. The van der Waals surface area contributed by atoms with Crippen molar-refractivity contribution >= 4 is 0 Å². The highest BCUT2D eigenvalue weighted by Crippen LogP contribution is 2.48. The zero-order valence-electron chi connectivity index (χ0n) is 64.8. The topological polar surface area (TPSA) is 35.0 Å². The largest absolute Gasteiger partial charge is 0.489 e. The van der Waals surface area contributed by atoms with Gasteiger partial charge in [0.25, 0.3) is 0 Å². The van der Waals surface area contributed by atoms with Gasteiger partial charge in [-0.15, -0.1) is 0 Å². The Balaban J connectivity index is 0.000000144. The van der Waals surface area contributed by atoms with Gasteiger partial charge < -0.3 is 4.74 Å². The number of ether oxygens (including phenoxy) is 1. The Morgan fingerprint density at radius 2 is 0.612 bits per heavy atom. The Bertz CT molecular complexity index is 4070. The lowest BCUT2D eigenvalue weighted by atomic mass is 9.69. The number of hydrogen-bond donors (Lipinski definition) is 0. The molecule has 0 fully saturated rings. The van der Waals surface area contributed by atoms with Crippen molar-refractivity contribution in [3.63, 3.8) is 0 Å². The number of aromatic nitrogens is 2. The predicted octanol–water partition coefficient (Wildman–Crippen LogP) is 25.6. The predicted molar refractivity (Wildman–Crippen MR) is 440 cm³/mol. The Morgan fingerprint density at radius 3 is 1.04 bits per heavy atom. The van der Waals surface area contributed by atoms with Gasteiger partial charge in [-0.25, -0.2) is 0 Å². The van der Waals surface area contributed by atoms with Crippen LogP contribution in [0.25, 0.3) is 11.1 Å². The molecule has 0 bridgehead atoms. The zero-order valence-corrected chi connectivity index (χ0v) is 64.8. The third kappa shape index (κ3) is 21.7. The number of rotatable bonds is 12. The van der Waals surface area contributed by atoms with E-state index in [1.54, 1.807) is 0 Å². The molecule has 12 aromatic rings. The fourth-order valence-electron chi connectivity index (χ4n) is 14.5. The summed E-state index contributed by atoms with van der Waals surface area (Å²) in [6.45, 7) is 37.0. The van der Waals surface area contributed by atoms with E-state index in [0.29, 0.717) is 6.61 Å². The van der Waals surface area contributed by atoms with Crippen LogP contribution >= 0.6 is 0 Å². The van der Waals surface area contributed by atoms with Gasteiger partial charge in [-0.2, -0.15) is 0 Å². The van der Waals surface area contributed by atoms with Crippen molar-refractivity contribution in [2.24, 2.45) is 0 Å². The van der Waals surface area contributed by atoms with Gasteiger partial charge in [-0.05, 0) is 197 Å². The number of benzene rings is 10. The van der Waals surface area contributed by atoms with Gasteiger partial charge in [0.1, 0.15) is 12.4 Å². The second-order valence-corrected chi connectivity index (χ2v) is 32.8. The molecular weight excluding hydrogens is 1250 g/mol. The minimum absolute atomic E-state index is 0.104. The SMILES string of the molecule is CC(C)(C)c1ccccc1CCc1ccccc1.CC(C)(C)c1ccccc1CCc1cccnc1.CC(C)(C)c1ccccc1CCc1ccncc1.CC(C)(C)c1ccccc1OCc1ccccc1.CC1(C)c2ccccc2-c2ccccc21.CC1(C)c2ccccc2Cc2ccccc21. The van der Waals surface area contributed by atoms with Crippen molar-refractivity contribution < 1.29 is 4.74 Å². The average molecular weight is 1360 g/mol. The molecule has 0 N–H and O–H groups in total. The van der Waals surface area contributed by atoms with Gasteiger partial charge in [0.15, 0.2) is 0 Å². The van der Waals surface area contributed by atoms with E-state index in [2.05, 4.69) is 363 Å². The van der Waals surface area contributed by atoms with Crippen LogP contribution in [-0.2, 0) is 84.0 Å². The van der Waals surface area contributed by atoms with Gasteiger partial charge in [0.2, 0.25) is 0 Å². The summed E-state index contributed by atoms with van der Waals surface area (Å²) < 4.78 is 5.95. The molecule has 530 valence electrons. The first-order valence-corrected chi connectivity index (χ1v) is 37.4. The lowest BCUT2D eigenvalue weighted by Crippen LogP contribution is -2.26. The van der Waals surface area contributed by atoms with Crippen LogP contribution in [0.4, 0.5) is 0 Å². The first-order valence-electron chi connectivity index (χ1n) is 37.4. The molecule has 14 rings (SSSR count). The summed E-state index contributed by atoms with van der Waals surface area (Å²) in [6, 6.07) is 99.0. The molecule has 0 saturated heterocycles. The third-order valence-corrected chi connectivity index (χ3v) is 20.0. The Morgan fingerprint density at radius 1 is 0.282 bits per heavy atom. The van der Waals surface area contributed by atoms with E-state index in [1.807, 2.05) is 61.2 Å². The van der Waals surface area contributed by atoms with E-state index in [9.17, 15) is 0 Å². The highest BCUT2D eigenvalue weighted by atomic mass is 16.5. The van der Waals surface area contributed by atoms with E-state index in [-0.39, 0.29) is 32.5 Å². The highest BCUT2D eigenvalue weighted by Gasteiger charge is 2.35. The quantitative estimate of drug-likeness (QED) is 0.122. The molecule has 0 atom stereocenters. The molecule has 0 aliphatic heterocycles. The molecule has 10 aromatic carbocycles. The van der Waals surface area contributed by atoms with Crippen molar-refractivity contribution in [3.8, 4) is 16.9 Å². The van der Waals surface area contributed by atoms with Crippen molar-refractivity contribution in [3.05, 3.63) is 398 Å². The summed E-state index contributed by atoms with van der Waals surface area (Å²) in [4.78, 5) is 8.23.